The SMILES string of the molecule is CC(C)C(C(=O)NC1CCC(C(=O)O)CC1)c1cccc(Cl)c1. The molecule has 0 bridgehead atoms. The standard InChI is InChI=1S/C18H24ClNO3/c1-11(2)16(13-4-3-5-14(19)10-13)17(21)20-15-8-6-12(7-9-15)18(22)23/h3-5,10-12,15-16H,6-9H2,1-2H3,(H,20,21)(H,22,23). The van der Waals surface area contributed by atoms with Gasteiger partial charge < -0.3 is 10.4 Å². The average Bonchev–Trinajstić information content (AvgIpc) is 2.47. The van der Waals surface area contributed by atoms with E-state index in [0.29, 0.717) is 17.9 Å². The number of benzene rings is 1. The van der Waals surface area contributed by atoms with E-state index in [0.717, 1.165) is 18.4 Å². The Morgan fingerprint density at radius 3 is 2.39 bits per heavy atom. The summed E-state index contributed by atoms with van der Waals surface area (Å²) in [5.41, 5.74) is 0.921. The first-order valence-corrected chi connectivity index (χ1v) is 8.55. The van der Waals surface area contributed by atoms with Crippen molar-refractivity contribution in [2.24, 2.45) is 11.8 Å². The van der Waals surface area contributed by atoms with Crippen LogP contribution >= 0.6 is 11.6 Å². The summed E-state index contributed by atoms with van der Waals surface area (Å²) in [5, 5.41) is 12.8. The van der Waals surface area contributed by atoms with Gasteiger partial charge >= 0.3 is 5.97 Å². The number of hydrogen-bond donors (Lipinski definition) is 2. The van der Waals surface area contributed by atoms with Gasteiger partial charge in [-0.05, 0) is 49.3 Å². The molecule has 0 aliphatic heterocycles. The lowest BCUT2D eigenvalue weighted by molar-refractivity contribution is -0.142. The summed E-state index contributed by atoms with van der Waals surface area (Å²) in [7, 11) is 0. The minimum absolute atomic E-state index is 0.000965. The molecule has 0 radical (unpaired) electrons. The van der Waals surface area contributed by atoms with Crippen LogP contribution < -0.4 is 5.32 Å². The van der Waals surface area contributed by atoms with E-state index >= 15 is 0 Å². The first-order valence-electron chi connectivity index (χ1n) is 8.17. The number of carboxylic acids is 1. The van der Waals surface area contributed by atoms with Crippen LogP contribution in [0.2, 0.25) is 5.02 Å². The van der Waals surface area contributed by atoms with Crippen LogP contribution in [0.4, 0.5) is 0 Å². The highest BCUT2D eigenvalue weighted by molar-refractivity contribution is 6.30. The lowest BCUT2D eigenvalue weighted by atomic mass is 9.84. The maximum Gasteiger partial charge on any atom is 0.306 e. The van der Waals surface area contributed by atoms with Gasteiger partial charge in [-0.3, -0.25) is 9.59 Å². The Kier molecular flexibility index (Phi) is 6.05. The topological polar surface area (TPSA) is 66.4 Å². The van der Waals surface area contributed by atoms with Gasteiger partial charge in [-0.2, -0.15) is 0 Å². The number of rotatable bonds is 5. The third-order valence-electron chi connectivity index (χ3n) is 4.58. The van der Waals surface area contributed by atoms with Crippen molar-refractivity contribution in [1.29, 1.82) is 0 Å². The lowest BCUT2D eigenvalue weighted by Gasteiger charge is -2.29. The summed E-state index contributed by atoms with van der Waals surface area (Å²) in [4.78, 5) is 23.7. The Balaban J connectivity index is 2.01. The summed E-state index contributed by atoms with van der Waals surface area (Å²) < 4.78 is 0. The highest BCUT2D eigenvalue weighted by Gasteiger charge is 2.30. The number of carbonyl (C=O) groups is 2. The van der Waals surface area contributed by atoms with E-state index in [4.69, 9.17) is 16.7 Å². The highest BCUT2D eigenvalue weighted by Crippen LogP contribution is 2.29. The Bertz CT molecular complexity index is 565. The smallest absolute Gasteiger partial charge is 0.306 e. The first kappa shape index (κ1) is 17.8. The second kappa shape index (κ2) is 7.82. The Labute approximate surface area is 142 Å². The van der Waals surface area contributed by atoms with Gasteiger partial charge in [0.15, 0.2) is 0 Å². The zero-order valence-corrected chi connectivity index (χ0v) is 14.3. The fourth-order valence-electron chi connectivity index (χ4n) is 3.31. The predicted molar refractivity (Wildman–Crippen MR) is 90.6 cm³/mol. The van der Waals surface area contributed by atoms with Crippen LogP contribution in [0.5, 0.6) is 0 Å². The van der Waals surface area contributed by atoms with Crippen molar-refractivity contribution < 1.29 is 14.7 Å². The van der Waals surface area contributed by atoms with E-state index in [2.05, 4.69) is 5.32 Å². The molecule has 2 N–H and O–H groups in total. The number of carbonyl (C=O) groups excluding carboxylic acids is 1. The summed E-state index contributed by atoms with van der Waals surface area (Å²) in [5.74, 6) is -1.08. The predicted octanol–water partition coefficient (Wildman–Crippen LogP) is 3.84. The van der Waals surface area contributed by atoms with Crippen LogP contribution in [0.15, 0.2) is 24.3 Å². The van der Waals surface area contributed by atoms with Gasteiger partial charge in [-0.15, -0.1) is 0 Å². The van der Waals surface area contributed by atoms with E-state index in [1.54, 1.807) is 6.07 Å². The second-order valence-corrected chi connectivity index (χ2v) is 7.11. The normalized spacial score (nSPS) is 22.6. The van der Waals surface area contributed by atoms with E-state index < -0.39 is 5.97 Å². The summed E-state index contributed by atoms with van der Waals surface area (Å²) in [6.45, 7) is 4.04. The second-order valence-electron chi connectivity index (χ2n) is 6.67. The highest BCUT2D eigenvalue weighted by atomic mass is 35.5. The van der Waals surface area contributed by atoms with Crippen LogP contribution in [-0.4, -0.2) is 23.0 Å². The third kappa shape index (κ3) is 4.71. The van der Waals surface area contributed by atoms with Gasteiger partial charge in [0.2, 0.25) is 5.91 Å². The van der Waals surface area contributed by atoms with Crippen molar-refractivity contribution in [2.45, 2.75) is 51.5 Å². The third-order valence-corrected chi connectivity index (χ3v) is 4.81. The van der Waals surface area contributed by atoms with Gasteiger partial charge in [0.1, 0.15) is 0 Å². The minimum atomic E-state index is -0.728. The van der Waals surface area contributed by atoms with Gasteiger partial charge in [0.25, 0.3) is 0 Å². The lowest BCUT2D eigenvalue weighted by Crippen LogP contribution is -2.42. The number of halogens is 1. The molecule has 1 aromatic carbocycles. The molecule has 5 heteroatoms. The quantitative estimate of drug-likeness (QED) is 0.857. The Hall–Kier alpha value is -1.55. The van der Waals surface area contributed by atoms with Crippen molar-refractivity contribution in [3.05, 3.63) is 34.9 Å². The first-order chi connectivity index (χ1) is 10.9. The maximum atomic E-state index is 12.7. The molecule has 0 saturated heterocycles. The minimum Gasteiger partial charge on any atom is -0.481 e. The molecule has 1 fully saturated rings. The molecular formula is C18H24ClNO3. The molecule has 2 rings (SSSR count). The van der Waals surface area contributed by atoms with Crippen molar-refractivity contribution in [1.82, 2.24) is 5.32 Å². The molecule has 1 saturated carbocycles. The van der Waals surface area contributed by atoms with Crippen LogP contribution in [0, 0.1) is 11.8 Å². The molecule has 1 aliphatic rings. The molecule has 0 heterocycles. The van der Waals surface area contributed by atoms with Crippen molar-refractivity contribution in [3.8, 4) is 0 Å². The summed E-state index contributed by atoms with van der Waals surface area (Å²) in [6.07, 6.45) is 2.71. The summed E-state index contributed by atoms with van der Waals surface area (Å²) in [6, 6.07) is 7.50. The molecule has 23 heavy (non-hydrogen) atoms. The van der Waals surface area contributed by atoms with Crippen molar-refractivity contribution in [3.63, 3.8) is 0 Å². The molecule has 0 spiro atoms. The molecule has 1 atom stereocenters. The van der Waals surface area contributed by atoms with Crippen LogP contribution in [0.3, 0.4) is 0 Å². The van der Waals surface area contributed by atoms with Gasteiger partial charge in [0, 0.05) is 11.1 Å². The fourth-order valence-corrected chi connectivity index (χ4v) is 3.51. The van der Waals surface area contributed by atoms with E-state index in [-0.39, 0.29) is 29.7 Å². The molecule has 0 aromatic heterocycles. The van der Waals surface area contributed by atoms with Crippen LogP contribution in [-0.2, 0) is 9.59 Å². The zero-order valence-electron chi connectivity index (χ0n) is 13.6. The van der Waals surface area contributed by atoms with E-state index in [9.17, 15) is 9.59 Å². The number of amides is 1. The van der Waals surface area contributed by atoms with Crippen molar-refractivity contribution in [2.75, 3.05) is 0 Å². The fraction of sp³-hybridized carbons (Fsp3) is 0.556. The molecular weight excluding hydrogens is 314 g/mol. The largest absolute Gasteiger partial charge is 0.481 e. The monoisotopic (exact) mass is 337 g/mol. The number of aliphatic carboxylic acids is 1. The van der Waals surface area contributed by atoms with Gasteiger partial charge in [-0.25, -0.2) is 0 Å². The van der Waals surface area contributed by atoms with Gasteiger partial charge in [0.05, 0.1) is 11.8 Å². The van der Waals surface area contributed by atoms with Gasteiger partial charge in [-0.1, -0.05) is 37.6 Å². The Morgan fingerprint density at radius 2 is 1.87 bits per heavy atom. The molecule has 1 amide bonds. The number of hydrogen-bond acceptors (Lipinski definition) is 2. The molecule has 1 aliphatic carbocycles. The number of nitrogens with one attached hydrogen (secondary N) is 1. The molecule has 1 unspecified atom stereocenters. The Morgan fingerprint density at radius 1 is 1.22 bits per heavy atom. The number of carboxylic acid groups (broad SMARTS) is 1. The maximum absolute atomic E-state index is 12.7. The molecule has 1 aromatic rings. The van der Waals surface area contributed by atoms with E-state index in [1.807, 2.05) is 32.0 Å². The van der Waals surface area contributed by atoms with E-state index in [1.165, 1.54) is 0 Å². The summed E-state index contributed by atoms with van der Waals surface area (Å²) >= 11 is 6.05. The average molecular weight is 338 g/mol. The molecule has 4 nitrogen and oxygen atoms in total. The van der Waals surface area contributed by atoms with Crippen LogP contribution in [0.25, 0.3) is 0 Å². The van der Waals surface area contributed by atoms with Crippen LogP contribution in [0.1, 0.15) is 51.0 Å². The van der Waals surface area contributed by atoms with Crippen molar-refractivity contribution >= 4 is 23.5 Å². The zero-order chi connectivity index (χ0) is 17.0. The molecule has 126 valence electrons.